The van der Waals surface area contributed by atoms with Crippen molar-refractivity contribution in [3.05, 3.63) is 50.7 Å². The Kier molecular flexibility index (Phi) is 4.78. The van der Waals surface area contributed by atoms with Gasteiger partial charge in [-0.2, -0.15) is 5.10 Å². The Bertz CT molecular complexity index is 607. The van der Waals surface area contributed by atoms with Gasteiger partial charge in [0.2, 0.25) is 0 Å². The number of rotatable bonds is 4. The van der Waals surface area contributed by atoms with Crippen LogP contribution in [0.3, 0.4) is 0 Å². The van der Waals surface area contributed by atoms with Gasteiger partial charge >= 0.3 is 0 Å². The van der Waals surface area contributed by atoms with Crippen molar-refractivity contribution in [3.8, 4) is 0 Å². The standard InChI is InChI=1S/C13H13BrClF2N3/c1-3-20-13(8(15)6-19-20)12(18-2)11-9(16)4-7(14)5-10(11)17/h4-6,12,18H,3H2,1-2H3. The monoisotopic (exact) mass is 363 g/mol. The largest absolute Gasteiger partial charge is 0.308 e. The molecule has 0 amide bonds. The van der Waals surface area contributed by atoms with Crippen molar-refractivity contribution in [2.75, 3.05) is 7.05 Å². The highest BCUT2D eigenvalue weighted by Crippen LogP contribution is 2.32. The van der Waals surface area contributed by atoms with Crippen LogP contribution in [-0.2, 0) is 6.54 Å². The Morgan fingerprint density at radius 3 is 2.50 bits per heavy atom. The van der Waals surface area contributed by atoms with Gasteiger partial charge in [0, 0.05) is 16.6 Å². The summed E-state index contributed by atoms with van der Waals surface area (Å²) in [6.45, 7) is 2.44. The van der Waals surface area contributed by atoms with Crippen LogP contribution in [0.5, 0.6) is 0 Å². The quantitative estimate of drug-likeness (QED) is 0.891. The van der Waals surface area contributed by atoms with E-state index in [2.05, 4.69) is 26.3 Å². The number of benzene rings is 1. The molecule has 0 bridgehead atoms. The minimum absolute atomic E-state index is 0.0761. The van der Waals surface area contributed by atoms with E-state index in [-0.39, 0.29) is 5.56 Å². The van der Waals surface area contributed by atoms with Gasteiger partial charge in [0.15, 0.2) is 0 Å². The minimum atomic E-state index is -0.710. The molecule has 20 heavy (non-hydrogen) atoms. The summed E-state index contributed by atoms with van der Waals surface area (Å²) in [6, 6.07) is 1.74. The third kappa shape index (κ3) is 2.73. The molecule has 0 radical (unpaired) electrons. The number of halogens is 4. The maximum absolute atomic E-state index is 14.1. The van der Waals surface area contributed by atoms with Gasteiger partial charge in [0.25, 0.3) is 0 Å². The fourth-order valence-corrected chi connectivity index (χ4v) is 2.81. The third-order valence-corrected chi connectivity index (χ3v) is 3.78. The lowest BCUT2D eigenvalue weighted by Gasteiger charge is -2.20. The summed E-state index contributed by atoms with van der Waals surface area (Å²) in [5.41, 5.74) is 0.463. The van der Waals surface area contributed by atoms with Gasteiger partial charge in [-0.25, -0.2) is 8.78 Å². The van der Waals surface area contributed by atoms with Crippen LogP contribution in [0.25, 0.3) is 0 Å². The lowest BCUT2D eigenvalue weighted by molar-refractivity contribution is 0.496. The van der Waals surface area contributed by atoms with E-state index in [4.69, 9.17) is 11.6 Å². The summed E-state index contributed by atoms with van der Waals surface area (Å²) in [6.07, 6.45) is 1.47. The molecule has 3 nitrogen and oxygen atoms in total. The first kappa shape index (κ1) is 15.4. The maximum Gasteiger partial charge on any atom is 0.132 e. The van der Waals surface area contributed by atoms with Gasteiger partial charge in [0.05, 0.1) is 23.0 Å². The number of hydrogen-bond donors (Lipinski definition) is 1. The van der Waals surface area contributed by atoms with E-state index in [1.54, 1.807) is 11.7 Å². The zero-order valence-corrected chi connectivity index (χ0v) is 13.3. The Hall–Kier alpha value is -0.980. The predicted molar refractivity (Wildman–Crippen MR) is 77.9 cm³/mol. The average molecular weight is 365 g/mol. The molecule has 1 aromatic carbocycles. The van der Waals surface area contributed by atoms with Crippen LogP contribution >= 0.6 is 27.5 Å². The molecule has 0 fully saturated rings. The van der Waals surface area contributed by atoms with Crippen LogP contribution in [0.4, 0.5) is 8.78 Å². The molecule has 0 spiro atoms. The highest BCUT2D eigenvalue weighted by molar-refractivity contribution is 9.10. The van der Waals surface area contributed by atoms with E-state index in [1.807, 2.05) is 6.92 Å². The second-order valence-corrected chi connectivity index (χ2v) is 5.52. The molecule has 1 N–H and O–H groups in total. The molecular formula is C13H13BrClF2N3. The summed E-state index contributed by atoms with van der Waals surface area (Å²) in [5.74, 6) is -1.28. The van der Waals surface area contributed by atoms with Gasteiger partial charge in [-0.1, -0.05) is 27.5 Å². The number of hydrogen-bond acceptors (Lipinski definition) is 2. The second-order valence-electron chi connectivity index (χ2n) is 4.20. The number of nitrogens with one attached hydrogen (secondary N) is 1. The molecular weight excluding hydrogens is 352 g/mol. The first-order valence-corrected chi connectivity index (χ1v) is 7.19. The predicted octanol–water partition coefficient (Wildman–Crippen LogP) is 3.91. The molecule has 2 rings (SSSR count). The number of aryl methyl sites for hydroxylation is 1. The highest BCUT2D eigenvalue weighted by Gasteiger charge is 2.26. The van der Waals surface area contributed by atoms with Crippen molar-refractivity contribution < 1.29 is 8.78 Å². The van der Waals surface area contributed by atoms with Crippen molar-refractivity contribution in [3.63, 3.8) is 0 Å². The Morgan fingerprint density at radius 2 is 2.00 bits per heavy atom. The summed E-state index contributed by atoms with van der Waals surface area (Å²) in [4.78, 5) is 0. The molecule has 108 valence electrons. The highest BCUT2D eigenvalue weighted by atomic mass is 79.9. The van der Waals surface area contributed by atoms with E-state index in [0.29, 0.717) is 21.7 Å². The molecule has 0 saturated heterocycles. The van der Waals surface area contributed by atoms with Crippen LogP contribution in [0, 0.1) is 11.6 Å². The van der Waals surface area contributed by atoms with Crippen molar-refractivity contribution in [1.82, 2.24) is 15.1 Å². The molecule has 0 saturated carbocycles. The SMILES string of the molecule is CCn1ncc(Cl)c1C(NC)c1c(F)cc(Br)cc1F. The number of aromatic nitrogens is 2. The fraction of sp³-hybridized carbons (Fsp3) is 0.308. The van der Waals surface area contributed by atoms with Crippen molar-refractivity contribution in [2.24, 2.45) is 0 Å². The van der Waals surface area contributed by atoms with Crippen LogP contribution in [0.15, 0.2) is 22.8 Å². The van der Waals surface area contributed by atoms with Gasteiger partial charge in [0.1, 0.15) is 11.6 Å². The molecule has 0 aliphatic rings. The van der Waals surface area contributed by atoms with Crippen molar-refractivity contribution in [1.29, 1.82) is 0 Å². The van der Waals surface area contributed by atoms with Crippen molar-refractivity contribution in [2.45, 2.75) is 19.5 Å². The van der Waals surface area contributed by atoms with Gasteiger partial charge in [-0.05, 0) is 26.1 Å². The molecule has 1 unspecified atom stereocenters. The number of nitrogens with zero attached hydrogens (tertiary/aromatic N) is 2. The minimum Gasteiger partial charge on any atom is -0.308 e. The summed E-state index contributed by atoms with van der Waals surface area (Å²) in [7, 11) is 1.62. The molecule has 2 aromatic rings. The molecule has 0 aliphatic heterocycles. The zero-order valence-electron chi connectivity index (χ0n) is 10.9. The Morgan fingerprint density at radius 1 is 1.40 bits per heavy atom. The average Bonchev–Trinajstić information content (AvgIpc) is 2.74. The first-order valence-electron chi connectivity index (χ1n) is 6.02. The molecule has 1 heterocycles. The maximum atomic E-state index is 14.1. The van der Waals surface area contributed by atoms with Gasteiger partial charge in [-0.15, -0.1) is 0 Å². The molecule has 0 aliphatic carbocycles. The Labute approximate surface area is 129 Å². The van der Waals surface area contributed by atoms with Crippen LogP contribution in [-0.4, -0.2) is 16.8 Å². The summed E-state index contributed by atoms with van der Waals surface area (Å²) < 4.78 is 30.2. The van der Waals surface area contributed by atoms with Gasteiger partial charge in [-0.3, -0.25) is 4.68 Å². The summed E-state index contributed by atoms with van der Waals surface area (Å²) in [5, 5.41) is 7.36. The summed E-state index contributed by atoms with van der Waals surface area (Å²) >= 11 is 9.17. The lowest BCUT2D eigenvalue weighted by Crippen LogP contribution is -2.24. The fourth-order valence-electron chi connectivity index (χ4n) is 2.16. The molecule has 1 atom stereocenters. The van der Waals surface area contributed by atoms with E-state index in [9.17, 15) is 8.78 Å². The molecule has 7 heteroatoms. The van der Waals surface area contributed by atoms with E-state index in [1.165, 1.54) is 18.3 Å². The zero-order chi connectivity index (χ0) is 14.9. The molecule has 1 aromatic heterocycles. The van der Waals surface area contributed by atoms with Gasteiger partial charge < -0.3 is 5.32 Å². The Balaban J connectivity index is 2.61. The third-order valence-electron chi connectivity index (χ3n) is 3.03. The van der Waals surface area contributed by atoms with Crippen LogP contribution in [0.1, 0.15) is 24.2 Å². The van der Waals surface area contributed by atoms with E-state index in [0.717, 1.165) is 0 Å². The normalized spacial score (nSPS) is 12.7. The first-order chi connectivity index (χ1) is 9.49. The topological polar surface area (TPSA) is 29.9 Å². The van der Waals surface area contributed by atoms with Crippen LogP contribution in [0.2, 0.25) is 5.02 Å². The van der Waals surface area contributed by atoms with E-state index >= 15 is 0 Å². The smallest absolute Gasteiger partial charge is 0.132 e. The van der Waals surface area contributed by atoms with Crippen molar-refractivity contribution >= 4 is 27.5 Å². The van der Waals surface area contributed by atoms with Crippen LogP contribution < -0.4 is 5.32 Å². The van der Waals surface area contributed by atoms with E-state index < -0.39 is 17.7 Å². The second kappa shape index (κ2) is 6.20. The lowest BCUT2D eigenvalue weighted by atomic mass is 10.0.